The Labute approximate surface area is 154 Å². The maximum Gasteiger partial charge on any atom is 0.238 e. The summed E-state index contributed by atoms with van der Waals surface area (Å²) in [5.41, 5.74) is 1.38. The minimum Gasteiger partial charge on any atom is -0.373 e. The van der Waals surface area contributed by atoms with Crippen LogP contribution in [-0.4, -0.2) is 45.7 Å². The second kappa shape index (κ2) is 7.83. The lowest BCUT2D eigenvalue weighted by atomic mass is 10.3. The van der Waals surface area contributed by atoms with Crippen molar-refractivity contribution in [3.05, 3.63) is 54.6 Å². The average molecular weight is 392 g/mol. The highest BCUT2D eigenvalue weighted by Crippen LogP contribution is 2.20. The third-order valence-electron chi connectivity index (χ3n) is 3.33. The van der Waals surface area contributed by atoms with Crippen molar-refractivity contribution in [3.8, 4) is 5.69 Å². The number of rotatable bonds is 7. The van der Waals surface area contributed by atoms with E-state index in [2.05, 4.69) is 20.8 Å². The summed E-state index contributed by atoms with van der Waals surface area (Å²) in [6, 6.07) is 15.2. The lowest BCUT2D eigenvalue weighted by Gasteiger charge is -2.14. The number of thioether (sulfide) groups is 1. The predicted octanol–water partition coefficient (Wildman–Crippen LogP) is 0.832. The molecule has 0 aliphatic rings. The number of aliphatic hydroxyl groups is 1. The Morgan fingerprint density at radius 2 is 1.85 bits per heavy atom. The Bertz CT molecular complexity index is 961. The van der Waals surface area contributed by atoms with Gasteiger partial charge in [0.25, 0.3) is 0 Å². The van der Waals surface area contributed by atoms with Crippen LogP contribution in [0.3, 0.4) is 0 Å². The standard InChI is InChI=1S/C15H16N6O3S2/c16-26(23,24)13-8-6-11(7-9-13)17-14(22)10-25-15-18-19-20-21(15)12-4-2-1-3-5-12/h1-9,14,17,22H,10H2,(H2,16,23,24)/t14-/m1/s1. The molecule has 3 rings (SSSR count). The van der Waals surface area contributed by atoms with Crippen LogP contribution in [0, 0.1) is 0 Å². The summed E-state index contributed by atoms with van der Waals surface area (Å²) in [4.78, 5) is 0.00829. The van der Waals surface area contributed by atoms with Crippen LogP contribution in [-0.2, 0) is 10.0 Å². The van der Waals surface area contributed by atoms with Crippen molar-refractivity contribution < 1.29 is 13.5 Å². The first-order chi connectivity index (χ1) is 12.4. The molecule has 0 saturated carbocycles. The van der Waals surface area contributed by atoms with Crippen LogP contribution in [0.5, 0.6) is 0 Å². The van der Waals surface area contributed by atoms with Gasteiger partial charge in [-0.15, -0.1) is 5.10 Å². The quantitative estimate of drug-likeness (QED) is 0.397. The van der Waals surface area contributed by atoms with Gasteiger partial charge >= 0.3 is 0 Å². The predicted molar refractivity (Wildman–Crippen MR) is 97.3 cm³/mol. The second-order valence-electron chi connectivity index (χ2n) is 5.25. The highest BCUT2D eigenvalue weighted by atomic mass is 32.2. The molecular weight excluding hydrogens is 376 g/mol. The molecule has 1 aromatic heterocycles. The van der Waals surface area contributed by atoms with E-state index in [0.717, 1.165) is 5.69 Å². The monoisotopic (exact) mass is 392 g/mol. The van der Waals surface area contributed by atoms with E-state index in [9.17, 15) is 13.5 Å². The molecule has 0 bridgehead atoms. The van der Waals surface area contributed by atoms with Crippen molar-refractivity contribution in [2.75, 3.05) is 11.1 Å². The molecule has 0 unspecified atom stereocenters. The van der Waals surface area contributed by atoms with E-state index in [1.54, 1.807) is 4.68 Å². The number of aliphatic hydroxyl groups excluding tert-OH is 1. The average Bonchev–Trinajstić information content (AvgIpc) is 3.09. The summed E-state index contributed by atoms with van der Waals surface area (Å²) >= 11 is 1.28. The van der Waals surface area contributed by atoms with E-state index in [4.69, 9.17) is 5.14 Å². The van der Waals surface area contributed by atoms with Gasteiger partial charge in [0.05, 0.1) is 10.6 Å². The van der Waals surface area contributed by atoms with Gasteiger partial charge in [-0.2, -0.15) is 4.68 Å². The fraction of sp³-hybridized carbons (Fsp3) is 0.133. The Balaban J connectivity index is 1.60. The fourth-order valence-corrected chi connectivity index (χ4v) is 3.39. The van der Waals surface area contributed by atoms with E-state index in [1.165, 1.54) is 36.0 Å². The normalized spacial score (nSPS) is 12.7. The van der Waals surface area contributed by atoms with Crippen LogP contribution in [0.2, 0.25) is 0 Å². The molecule has 1 heterocycles. The molecule has 2 aromatic carbocycles. The smallest absolute Gasteiger partial charge is 0.238 e. The molecule has 4 N–H and O–H groups in total. The molecule has 0 aliphatic carbocycles. The van der Waals surface area contributed by atoms with Crippen molar-refractivity contribution in [1.82, 2.24) is 20.2 Å². The zero-order valence-corrected chi connectivity index (χ0v) is 15.1. The van der Waals surface area contributed by atoms with E-state index < -0.39 is 16.3 Å². The number of benzene rings is 2. The number of sulfonamides is 1. The molecule has 0 saturated heterocycles. The number of hydrogen-bond acceptors (Lipinski definition) is 8. The maximum absolute atomic E-state index is 11.2. The first-order valence-corrected chi connectivity index (χ1v) is 10.0. The lowest BCUT2D eigenvalue weighted by Crippen LogP contribution is -2.21. The molecule has 11 heteroatoms. The van der Waals surface area contributed by atoms with Crippen molar-refractivity contribution >= 4 is 27.5 Å². The Kier molecular flexibility index (Phi) is 5.52. The lowest BCUT2D eigenvalue weighted by molar-refractivity contribution is 0.229. The van der Waals surface area contributed by atoms with Crippen molar-refractivity contribution in [1.29, 1.82) is 0 Å². The molecule has 0 spiro atoms. The number of primary sulfonamides is 1. The van der Waals surface area contributed by atoms with Crippen molar-refractivity contribution in [2.24, 2.45) is 5.14 Å². The van der Waals surface area contributed by atoms with Gasteiger partial charge in [0.1, 0.15) is 6.23 Å². The molecule has 26 heavy (non-hydrogen) atoms. The van der Waals surface area contributed by atoms with Crippen LogP contribution < -0.4 is 10.5 Å². The highest BCUT2D eigenvalue weighted by molar-refractivity contribution is 7.99. The van der Waals surface area contributed by atoms with Crippen LogP contribution in [0.1, 0.15) is 0 Å². The summed E-state index contributed by atoms with van der Waals surface area (Å²) in [6.45, 7) is 0. The molecule has 9 nitrogen and oxygen atoms in total. The first-order valence-electron chi connectivity index (χ1n) is 7.47. The van der Waals surface area contributed by atoms with Crippen LogP contribution in [0.15, 0.2) is 64.6 Å². The summed E-state index contributed by atoms with van der Waals surface area (Å²) in [6.07, 6.45) is -0.888. The van der Waals surface area contributed by atoms with Gasteiger partial charge in [0.15, 0.2) is 0 Å². The number of para-hydroxylation sites is 1. The Morgan fingerprint density at radius 3 is 2.50 bits per heavy atom. The van der Waals surface area contributed by atoms with Gasteiger partial charge in [-0.05, 0) is 46.8 Å². The van der Waals surface area contributed by atoms with Crippen molar-refractivity contribution in [3.63, 3.8) is 0 Å². The fourth-order valence-electron chi connectivity index (χ4n) is 2.13. The number of aromatic nitrogens is 4. The number of nitrogens with two attached hydrogens (primary N) is 1. The molecule has 0 amide bonds. The van der Waals surface area contributed by atoms with Gasteiger partial charge in [-0.25, -0.2) is 13.6 Å². The molecule has 0 radical (unpaired) electrons. The number of nitrogens with zero attached hydrogens (tertiary/aromatic N) is 4. The van der Waals surface area contributed by atoms with Crippen LogP contribution >= 0.6 is 11.8 Å². The second-order valence-corrected chi connectivity index (χ2v) is 7.80. The zero-order valence-electron chi connectivity index (χ0n) is 13.4. The van der Waals surface area contributed by atoms with Gasteiger partial charge in [0.2, 0.25) is 15.2 Å². The molecule has 0 fully saturated rings. The number of tetrazole rings is 1. The third-order valence-corrected chi connectivity index (χ3v) is 5.25. The third kappa shape index (κ3) is 4.58. The van der Waals surface area contributed by atoms with Crippen LogP contribution in [0.4, 0.5) is 5.69 Å². The summed E-state index contributed by atoms with van der Waals surface area (Å²) in [5, 5.41) is 30.2. The molecule has 1 atom stereocenters. The minimum absolute atomic E-state index is 0.00829. The van der Waals surface area contributed by atoms with Gasteiger partial charge in [0, 0.05) is 11.4 Å². The van der Waals surface area contributed by atoms with E-state index in [0.29, 0.717) is 10.8 Å². The topological polar surface area (TPSA) is 136 Å². The molecule has 3 aromatic rings. The SMILES string of the molecule is NS(=O)(=O)c1ccc(N[C@H](O)CSc2nnnn2-c2ccccc2)cc1. The van der Waals surface area contributed by atoms with Crippen molar-refractivity contribution in [2.45, 2.75) is 16.3 Å². The summed E-state index contributed by atoms with van der Waals surface area (Å²) in [7, 11) is -3.74. The zero-order chi connectivity index (χ0) is 18.6. The maximum atomic E-state index is 11.2. The van der Waals surface area contributed by atoms with E-state index >= 15 is 0 Å². The largest absolute Gasteiger partial charge is 0.373 e. The molecule has 136 valence electrons. The summed E-state index contributed by atoms with van der Waals surface area (Å²) < 4.78 is 24.0. The first kappa shape index (κ1) is 18.3. The molecule has 0 aliphatic heterocycles. The number of hydrogen-bond donors (Lipinski definition) is 3. The molecular formula is C15H16N6O3S2. The highest BCUT2D eigenvalue weighted by Gasteiger charge is 2.13. The summed E-state index contributed by atoms with van der Waals surface area (Å²) in [5.74, 6) is 0.282. The van der Waals surface area contributed by atoms with E-state index in [-0.39, 0.29) is 10.6 Å². The van der Waals surface area contributed by atoms with Gasteiger partial charge < -0.3 is 10.4 Å². The van der Waals surface area contributed by atoms with Gasteiger partial charge in [-0.1, -0.05) is 30.0 Å². The number of nitrogens with one attached hydrogen (secondary N) is 1. The number of anilines is 1. The van der Waals surface area contributed by atoms with Gasteiger partial charge in [-0.3, -0.25) is 0 Å². The Morgan fingerprint density at radius 1 is 1.15 bits per heavy atom. The minimum atomic E-state index is -3.74. The van der Waals surface area contributed by atoms with Crippen LogP contribution in [0.25, 0.3) is 5.69 Å². The Hall–Kier alpha value is -2.47. The van der Waals surface area contributed by atoms with E-state index in [1.807, 2.05) is 30.3 Å².